The molecule has 0 amide bonds. The highest BCUT2D eigenvalue weighted by Gasteiger charge is 2.05. The maximum Gasteiger partial charge on any atom is 0.323 e. The molecule has 0 aliphatic carbocycles. The van der Waals surface area contributed by atoms with Crippen LogP contribution in [0.5, 0.6) is 0 Å². The van der Waals surface area contributed by atoms with Crippen LogP contribution in [0.3, 0.4) is 0 Å². The number of imidazole rings is 1. The van der Waals surface area contributed by atoms with E-state index in [1.807, 2.05) is 18.2 Å². The predicted octanol–water partition coefficient (Wildman–Crippen LogP) is 3.70. The Kier molecular flexibility index (Phi) is 3.78. The number of halogens is 1. The van der Waals surface area contributed by atoms with Crippen molar-refractivity contribution in [3.8, 4) is 0 Å². The summed E-state index contributed by atoms with van der Waals surface area (Å²) in [4.78, 5) is 20.3. The smallest absolute Gasteiger partial charge is 0.323 e. The van der Waals surface area contributed by atoms with Gasteiger partial charge in [0.15, 0.2) is 0 Å². The van der Waals surface area contributed by atoms with Crippen LogP contribution in [0.25, 0.3) is 21.9 Å². The van der Waals surface area contributed by atoms with E-state index in [0.717, 1.165) is 39.9 Å². The first kappa shape index (κ1) is 15.2. The van der Waals surface area contributed by atoms with Gasteiger partial charge in [-0.3, -0.25) is 0 Å². The summed E-state index contributed by atoms with van der Waals surface area (Å²) in [5, 5.41) is 4.65. The van der Waals surface area contributed by atoms with Crippen LogP contribution in [0.4, 0.5) is 0 Å². The topological polar surface area (TPSA) is 76.5 Å². The van der Waals surface area contributed by atoms with Crippen molar-refractivity contribution in [2.24, 2.45) is 0 Å². The van der Waals surface area contributed by atoms with Crippen molar-refractivity contribution in [2.45, 2.75) is 20.0 Å². The molecule has 0 aliphatic heterocycles. The molecule has 2 aromatic carbocycles. The van der Waals surface area contributed by atoms with Crippen LogP contribution in [0.1, 0.15) is 16.8 Å². The summed E-state index contributed by atoms with van der Waals surface area (Å²) in [6, 6.07) is 12.3. The van der Waals surface area contributed by atoms with Crippen LogP contribution in [0.2, 0.25) is 0 Å². The number of aromatic nitrogens is 3. The van der Waals surface area contributed by atoms with Crippen LogP contribution in [-0.4, -0.2) is 15.0 Å². The Morgan fingerprint density at radius 1 is 1.00 bits per heavy atom. The van der Waals surface area contributed by atoms with Crippen molar-refractivity contribution in [1.82, 2.24) is 20.3 Å². The highest BCUT2D eigenvalue weighted by Crippen LogP contribution is 2.24. The Balaban J connectivity index is 1.48. The average Bonchev–Trinajstić information content (AvgIpc) is 3.09. The molecule has 4 rings (SSSR count). The van der Waals surface area contributed by atoms with Gasteiger partial charge >= 0.3 is 5.69 Å². The van der Waals surface area contributed by atoms with Crippen molar-refractivity contribution < 1.29 is 0 Å². The number of hydrogen-bond donors (Lipinski definition) is 4. The third-order valence-electron chi connectivity index (χ3n) is 4.17. The van der Waals surface area contributed by atoms with Crippen molar-refractivity contribution in [3.05, 3.63) is 68.2 Å². The predicted molar refractivity (Wildman–Crippen MR) is 100 cm³/mol. The van der Waals surface area contributed by atoms with Crippen LogP contribution in [-0.2, 0) is 13.1 Å². The maximum absolute atomic E-state index is 11.3. The van der Waals surface area contributed by atoms with Gasteiger partial charge in [-0.05, 0) is 48.4 Å². The lowest BCUT2D eigenvalue weighted by molar-refractivity contribution is 0.684. The van der Waals surface area contributed by atoms with Gasteiger partial charge in [0.2, 0.25) is 0 Å². The van der Waals surface area contributed by atoms with E-state index < -0.39 is 0 Å². The first-order chi connectivity index (χ1) is 11.6. The van der Waals surface area contributed by atoms with Crippen LogP contribution >= 0.6 is 15.9 Å². The Labute approximate surface area is 146 Å². The molecular weight excluding hydrogens is 368 g/mol. The zero-order valence-electron chi connectivity index (χ0n) is 13.2. The van der Waals surface area contributed by atoms with E-state index in [9.17, 15) is 4.79 Å². The van der Waals surface area contributed by atoms with E-state index in [4.69, 9.17) is 0 Å². The minimum atomic E-state index is -0.172. The zero-order valence-corrected chi connectivity index (χ0v) is 14.8. The summed E-state index contributed by atoms with van der Waals surface area (Å²) in [7, 11) is 0. The molecule has 122 valence electrons. The first-order valence-corrected chi connectivity index (χ1v) is 8.57. The zero-order chi connectivity index (χ0) is 16.7. The molecule has 6 heteroatoms. The molecule has 0 saturated heterocycles. The van der Waals surface area contributed by atoms with Crippen molar-refractivity contribution in [3.63, 3.8) is 0 Å². The fourth-order valence-electron chi connectivity index (χ4n) is 3.06. The molecule has 0 spiro atoms. The lowest BCUT2D eigenvalue weighted by Gasteiger charge is -2.04. The molecule has 0 atom stereocenters. The summed E-state index contributed by atoms with van der Waals surface area (Å²) in [5.41, 5.74) is 6.20. The molecule has 0 fully saturated rings. The molecule has 0 saturated carbocycles. The van der Waals surface area contributed by atoms with E-state index in [1.54, 1.807) is 0 Å². The van der Waals surface area contributed by atoms with Crippen LogP contribution in [0, 0.1) is 6.92 Å². The number of fused-ring (bicyclic) bond motifs is 2. The molecular formula is C18H17BrN4O. The van der Waals surface area contributed by atoms with Gasteiger partial charge < -0.3 is 20.3 Å². The average molecular weight is 385 g/mol. The van der Waals surface area contributed by atoms with Gasteiger partial charge in [-0.2, -0.15) is 0 Å². The first-order valence-electron chi connectivity index (χ1n) is 7.78. The van der Waals surface area contributed by atoms with E-state index in [0.29, 0.717) is 0 Å². The summed E-state index contributed by atoms with van der Waals surface area (Å²) in [5.74, 6) is 0. The normalized spacial score (nSPS) is 11.6. The fraction of sp³-hybridized carbons (Fsp3) is 0.167. The van der Waals surface area contributed by atoms with E-state index in [1.165, 1.54) is 16.5 Å². The molecule has 4 N–H and O–H groups in total. The van der Waals surface area contributed by atoms with E-state index in [2.05, 4.69) is 61.3 Å². The number of benzene rings is 2. The number of aromatic amines is 3. The summed E-state index contributed by atoms with van der Waals surface area (Å²) < 4.78 is 1.10. The van der Waals surface area contributed by atoms with E-state index in [-0.39, 0.29) is 5.69 Å². The second-order valence-corrected chi connectivity index (χ2v) is 6.96. The second kappa shape index (κ2) is 5.96. The maximum atomic E-state index is 11.3. The monoisotopic (exact) mass is 384 g/mol. The third kappa shape index (κ3) is 2.90. The van der Waals surface area contributed by atoms with Gasteiger partial charge in [0.1, 0.15) is 0 Å². The third-order valence-corrected chi connectivity index (χ3v) is 4.63. The minimum Gasteiger partial charge on any atom is -0.357 e. The Hall–Kier alpha value is -2.31. The Bertz CT molecular complexity index is 1090. The second-order valence-electron chi connectivity index (χ2n) is 6.04. The number of nitrogens with one attached hydrogen (secondary N) is 4. The van der Waals surface area contributed by atoms with Gasteiger partial charge in [0, 0.05) is 34.2 Å². The summed E-state index contributed by atoms with van der Waals surface area (Å²) >= 11 is 3.54. The van der Waals surface area contributed by atoms with Crippen molar-refractivity contribution in [2.75, 3.05) is 0 Å². The quantitative estimate of drug-likeness (QED) is 0.432. The van der Waals surface area contributed by atoms with Crippen molar-refractivity contribution >= 4 is 37.9 Å². The molecule has 0 aliphatic rings. The fourth-order valence-corrected chi connectivity index (χ4v) is 3.65. The number of hydrogen-bond acceptors (Lipinski definition) is 2. The number of H-pyrrole nitrogens is 3. The molecule has 0 bridgehead atoms. The molecule has 2 heterocycles. The number of aryl methyl sites for hydroxylation is 1. The van der Waals surface area contributed by atoms with Crippen LogP contribution < -0.4 is 11.0 Å². The lowest BCUT2D eigenvalue weighted by Crippen LogP contribution is -2.12. The van der Waals surface area contributed by atoms with Crippen LogP contribution in [0.15, 0.2) is 45.7 Å². The standard InChI is InChI=1S/C18H17BrN4O/c1-10-4-13(19)6-12-7-14(21-17(10)12)9-20-8-11-2-3-15-16(5-11)23-18(24)22-15/h2-7,20-21H,8-9H2,1H3,(H2,22,23,24). The molecule has 0 radical (unpaired) electrons. The molecule has 5 nitrogen and oxygen atoms in total. The summed E-state index contributed by atoms with van der Waals surface area (Å²) in [6.07, 6.45) is 0. The molecule has 4 aromatic rings. The molecule has 24 heavy (non-hydrogen) atoms. The van der Waals surface area contributed by atoms with Crippen molar-refractivity contribution in [1.29, 1.82) is 0 Å². The highest BCUT2D eigenvalue weighted by molar-refractivity contribution is 9.10. The Morgan fingerprint density at radius 2 is 1.83 bits per heavy atom. The van der Waals surface area contributed by atoms with Gasteiger partial charge in [-0.25, -0.2) is 4.79 Å². The molecule has 2 aromatic heterocycles. The molecule has 0 unspecified atom stereocenters. The minimum absolute atomic E-state index is 0.172. The SMILES string of the molecule is Cc1cc(Br)cc2cc(CNCc3ccc4[nH]c(=O)[nH]c4c3)[nH]c12. The Morgan fingerprint density at radius 3 is 2.71 bits per heavy atom. The van der Waals surface area contributed by atoms with Gasteiger partial charge in [0.25, 0.3) is 0 Å². The summed E-state index contributed by atoms with van der Waals surface area (Å²) in [6.45, 7) is 3.60. The lowest BCUT2D eigenvalue weighted by atomic mass is 10.2. The number of rotatable bonds is 4. The van der Waals surface area contributed by atoms with Gasteiger partial charge in [0.05, 0.1) is 11.0 Å². The van der Waals surface area contributed by atoms with Gasteiger partial charge in [-0.1, -0.05) is 22.0 Å². The van der Waals surface area contributed by atoms with Gasteiger partial charge in [-0.15, -0.1) is 0 Å². The largest absolute Gasteiger partial charge is 0.357 e. The van der Waals surface area contributed by atoms with E-state index >= 15 is 0 Å². The highest BCUT2D eigenvalue weighted by atomic mass is 79.9.